The minimum absolute atomic E-state index is 0. The minimum Gasteiger partial charge on any atom is -0.466 e. The number of halogens is 1. The Morgan fingerprint density at radius 1 is 1.35 bits per heavy atom. The first-order valence-electron chi connectivity index (χ1n) is 6.30. The molecule has 110 valence electrons. The fourth-order valence-corrected chi connectivity index (χ4v) is 1.89. The third-order valence-electron chi connectivity index (χ3n) is 3.23. The normalized spacial score (nSPS) is 16.5. The van der Waals surface area contributed by atoms with E-state index in [2.05, 4.69) is 10.1 Å². The van der Waals surface area contributed by atoms with Crippen molar-refractivity contribution in [3.63, 3.8) is 0 Å². The van der Waals surface area contributed by atoms with Gasteiger partial charge < -0.3 is 10.1 Å². The van der Waals surface area contributed by atoms with Crippen molar-refractivity contribution in [2.75, 3.05) is 12.4 Å². The summed E-state index contributed by atoms with van der Waals surface area (Å²) in [6, 6.07) is 8.92. The molecule has 1 aromatic rings. The van der Waals surface area contributed by atoms with Gasteiger partial charge in [0, 0.05) is 12.1 Å². The highest BCUT2D eigenvalue weighted by atomic mass is 35.5. The molecule has 2 rings (SSSR count). The molecule has 0 spiro atoms. The van der Waals surface area contributed by atoms with Gasteiger partial charge in [0.15, 0.2) is 5.78 Å². The van der Waals surface area contributed by atoms with Crippen molar-refractivity contribution in [1.82, 2.24) is 0 Å². The standard InChI is InChI=1S/C14H18N2O3.ClH/c1-19-13(18)14(15,12(17)9-10-7-8-10)16-11-5-3-2-4-6-11;/h2-6,10,16H,7-9,15H2,1H3;1H/t14-;/m0./s1. The van der Waals surface area contributed by atoms with E-state index in [-0.39, 0.29) is 18.2 Å². The van der Waals surface area contributed by atoms with Crippen LogP contribution in [0.1, 0.15) is 19.3 Å². The number of rotatable bonds is 6. The highest BCUT2D eigenvalue weighted by Gasteiger charge is 2.44. The molecule has 0 saturated heterocycles. The van der Waals surface area contributed by atoms with Gasteiger partial charge in [-0.25, -0.2) is 4.79 Å². The number of esters is 1. The summed E-state index contributed by atoms with van der Waals surface area (Å²) >= 11 is 0. The van der Waals surface area contributed by atoms with Gasteiger partial charge >= 0.3 is 5.97 Å². The van der Waals surface area contributed by atoms with Crippen molar-refractivity contribution in [1.29, 1.82) is 0 Å². The number of Topliss-reactive ketones (excluding diaryl/α,β-unsaturated/α-hetero) is 1. The van der Waals surface area contributed by atoms with E-state index < -0.39 is 11.6 Å². The van der Waals surface area contributed by atoms with Gasteiger partial charge in [0.1, 0.15) is 0 Å². The van der Waals surface area contributed by atoms with E-state index >= 15 is 0 Å². The summed E-state index contributed by atoms with van der Waals surface area (Å²) in [5.41, 5.74) is 4.77. The van der Waals surface area contributed by atoms with Crippen LogP contribution in [0, 0.1) is 5.92 Å². The van der Waals surface area contributed by atoms with E-state index in [1.54, 1.807) is 24.3 Å². The molecule has 0 unspecified atom stereocenters. The van der Waals surface area contributed by atoms with Crippen LogP contribution in [0.25, 0.3) is 0 Å². The van der Waals surface area contributed by atoms with Crippen molar-refractivity contribution in [2.24, 2.45) is 11.7 Å². The maximum atomic E-state index is 12.2. The van der Waals surface area contributed by atoms with Gasteiger partial charge in [-0.15, -0.1) is 12.4 Å². The number of carbonyl (C=O) groups excluding carboxylic acids is 2. The van der Waals surface area contributed by atoms with E-state index in [0.29, 0.717) is 18.0 Å². The Kier molecular flexibility index (Phi) is 5.53. The van der Waals surface area contributed by atoms with Gasteiger partial charge in [0.25, 0.3) is 0 Å². The molecule has 0 aromatic heterocycles. The number of anilines is 1. The summed E-state index contributed by atoms with van der Waals surface area (Å²) in [4.78, 5) is 24.1. The lowest BCUT2D eigenvalue weighted by Crippen LogP contribution is -2.61. The van der Waals surface area contributed by atoms with E-state index in [1.165, 1.54) is 7.11 Å². The molecule has 0 heterocycles. The molecule has 6 heteroatoms. The van der Waals surface area contributed by atoms with Gasteiger partial charge in [0.05, 0.1) is 7.11 Å². The monoisotopic (exact) mass is 298 g/mol. The molecule has 3 N–H and O–H groups in total. The number of ketones is 1. The molecule has 20 heavy (non-hydrogen) atoms. The molecule has 1 aromatic carbocycles. The van der Waals surface area contributed by atoms with E-state index in [4.69, 9.17) is 5.73 Å². The van der Waals surface area contributed by atoms with Crippen molar-refractivity contribution in [3.8, 4) is 0 Å². The van der Waals surface area contributed by atoms with Crippen LogP contribution in [0.2, 0.25) is 0 Å². The molecule has 1 aliphatic carbocycles. The maximum absolute atomic E-state index is 12.2. The number of para-hydroxylation sites is 1. The van der Waals surface area contributed by atoms with Gasteiger partial charge in [-0.1, -0.05) is 18.2 Å². The summed E-state index contributed by atoms with van der Waals surface area (Å²) in [5.74, 6) is -0.731. The number of methoxy groups -OCH3 is 1. The SMILES string of the molecule is COC(=O)[C@@](N)(Nc1ccccc1)C(=O)CC1CC1.Cl. The lowest BCUT2D eigenvalue weighted by Gasteiger charge is -2.27. The maximum Gasteiger partial charge on any atom is 0.354 e. The fourth-order valence-electron chi connectivity index (χ4n) is 1.89. The molecular weight excluding hydrogens is 280 g/mol. The zero-order valence-corrected chi connectivity index (χ0v) is 12.1. The number of carbonyl (C=O) groups is 2. The van der Waals surface area contributed by atoms with Crippen LogP contribution >= 0.6 is 12.4 Å². The number of ether oxygens (including phenoxy) is 1. The topological polar surface area (TPSA) is 81.4 Å². The van der Waals surface area contributed by atoms with Crippen LogP contribution in [0.3, 0.4) is 0 Å². The molecule has 0 bridgehead atoms. The number of nitrogens with one attached hydrogen (secondary N) is 1. The molecule has 0 radical (unpaired) electrons. The minimum atomic E-state index is -1.81. The Bertz CT molecular complexity index is 477. The number of hydrogen-bond donors (Lipinski definition) is 2. The van der Waals surface area contributed by atoms with Crippen LogP contribution in [-0.4, -0.2) is 24.5 Å². The number of benzene rings is 1. The van der Waals surface area contributed by atoms with E-state index in [0.717, 1.165) is 12.8 Å². The van der Waals surface area contributed by atoms with Crippen molar-refractivity contribution in [2.45, 2.75) is 24.9 Å². The van der Waals surface area contributed by atoms with Gasteiger partial charge in [-0.05, 0) is 30.9 Å². The van der Waals surface area contributed by atoms with Crippen LogP contribution in [0.15, 0.2) is 30.3 Å². The second kappa shape index (κ2) is 6.72. The molecular formula is C14H19ClN2O3. The molecule has 1 aliphatic rings. The first-order chi connectivity index (χ1) is 9.06. The zero-order valence-electron chi connectivity index (χ0n) is 11.3. The summed E-state index contributed by atoms with van der Waals surface area (Å²) in [5, 5.41) is 2.79. The second-order valence-electron chi connectivity index (χ2n) is 4.86. The highest BCUT2D eigenvalue weighted by molar-refractivity contribution is 6.10. The quantitative estimate of drug-likeness (QED) is 0.475. The summed E-state index contributed by atoms with van der Waals surface area (Å²) in [7, 11) is 1.22. The predicted octanol–water partition coefficient (Wildman–Crippen LogP) is 1.72. The molecule has 0 amide bonds. The Balaban J connectivity index is 0.00000200. The first kappa shape index (κ1) is 16.5. The van der Waals surface area contributed by atoms with Crippen molar-refractivity contribution in [3.05, 3.63) is 30.3 Å². The Morgan fingerprint density at radius 2 is 1.95 bits per heavy atom. The lowest BCUT2D eigenvalue weighted by atomic mass is 10.00. The number of nitrogens with two attached hydrogens (primary N) is 1. The van der Waals surface area contributed by atoms with Gasteiger partial charge in [-0.3, -0.25) is 10.5 Å². The summed E-state index contributed by atoms with van der Waals surface area (Å²) in [6.07, 6.45) is 2.36. The highest BCUT2D eigenvalue weighted by Crippen LogP contribution is 2.34. The van der Waals surface area contributed by atoms with E-state index in [9.17, 15) is 9.59 Å². The predicted molar refractivity (Wildman–Crippen MR) is 78.6 cm³/mol. The second-order valence-corrected chi connectivity index (χ2v) is 4.86. The lowest BCUT2D eigenvalue weighted by molar-refractivity contribution is -0.150. The molecule has 0 aliphatic heterocycles. The summed E-state index contributed by atoms with van der Waals surface area (Å²) < 4.78 is 4.66. The van der Waals surface area contributed by atoms with Crippen molar-refractivity contribution >= 4 is 29.8 Å². The van der Waals surface area contributed by atoms with E-state index in [1.807, 2.05) is 6.07 Å². The molecule has 1 saturated carbocycles. The smallest absolute Gasteiger partial charge is 0.354 e. The van der Waals surface area contributed by atoms with Crippen LogP contribution in [0.5, 0.6) is 0 Å². The van der Waals surface area contributed by atoms with Gasteiger partial charge in [-0.2, -0.15) is 0 Å². The third kappa shape index (κ3) is 3.71. The Labute approximate surface area is 124 Å². The molecule has 1 atom stereocenters. The van der Waals surface area contributed by atoms with Gasteiger partial charge in [0.2, 0.25) is 5.66 Å². The largest absolute Gasteiger partial charge is 0.466 e. The fraction of sp³-hybridized carbons (Fsp3) is 0.429. The van der Waals surface area contributed by atoms with Crippen LogP contribution in [0.4, 0.5) is 5.69 Å². The zero-order chi connectivity index (χ0) is 13.9. The first-order valence-corrected chi connectivity index (χ1v) is 6.30. The molecule has 1 fully saturated rings. The average Bonchev–Trinajstić information content (AvgIpc) is 3.22. The Hall–Kier alpha value is -1.59. The Morgan fingerprint density at radius 3 is 2.45 bits per heavy atom. The van der Waals surface area contributed by atoms with Crippen LogP contribution in [-0.2, 0) is 14.3 Å². The van der Waals surface area contributed by atoms with Crippen molar-refractivity contribution < 1.29 is 14.3 Å². The summed E-state index contributed by atoms with van der Waals surface area (Å²) in [6.45, 7) is 0. The number of hydrogen-bond acceptors (Lipinski definition) is 5. The molecule has 5 nitrogen and oxygen atoms in total. The van der Waals surface area contributed by atoms with Crippen LogP contribution < -0.4 is 11.1 Å². The third-order valence-corrected chi connectivity index (χ3v) is 3.23. The average molecular weight is 299 g/mol.